The Morgan fingerprint density at radius 2 is 1.88 bits per heavy atom. The van der Waals surface area contributed by atoms with Gasteiger partial charge in [0.25, 0.3) is 11.8 Å². The van der Waals surface area contributed by atoms with Crippen molar-refractivity contribution in [1.29, 1.82) is 0 Å². The summed E-state index contributed by atoms with van der Waals surface area (Å²) in [5, 5.41) is 10.9. The third-order valence-corrected chi connectivity index (χ3v) is 4.30. The van der Waals surface area contributed by atoms with Crippen LogP contribution in [0.15, 0.2) is 18.2 Å². The number of carboxylic acids is 1. The van der Waals surface area contributed by atoms with E-state index in [1.807, 2.05) is 0 Å². The van der Waals surface area contributed by atoms with Crippen LogP contribution in [-0.4, -0.2) is 58.6 Å². The molecule has 0 radical (unpaired) electrons. The van der Waals surface area contributed by atoms with Crippen molar-refractivity contribution in [3.63, 3.8) is 0 Å². The highest BCUT2D eigenvalue weighted by Crippen LogP contribution is 2.33. The van der Waals surface area contributed by atoms with E-state index in [1.54, 1.807) is 0 Å². The Morgan fingerprint density at radius 1 is 1.19 bits per heavy atom. The van der Waals surface area contributed by atoms with Crippen LogP contribution in [0.2, 0.25) is 0 Å². The highest BCUT2D eigenvalue weighted by Gasteiger charge is 2.46. The average Bonchev–Trinajstić information content (AvgIpc) is 2.85. The number of fused-ring (bicyclic) bond motifs is 1. The Hall–Kier alpha value is -3.56. The molecule has 10 nitrogen and oxygen atoms in total. The molecule has 0 spiro atoms. The second-order valence-corrected chi connectivity index (χ2v) is 5.82. The van der Waals surface area contributed by atoms with Crippen LogP contribution in [0.25, 0.3) is 0 Å². The van der Waals surface area contributed by atoms with Crippen molar-refractivity contribution in [2.45, 2.75) is 18.9 Å². The number of imide groups is 2. The minimum Gasteiger partial charge on any atom is -0.474 e. The summed E-state index contributed by atoms with van der Waals surface area (Å²) in [6, 6.07) is 2.94. The number of anilines is 1. The van der Waals surface area contributed by atoms with Gasteiger partial charge < -0.3 is 10.0 Å². The van der Waals surface area contributed by atoms with Crippen molar-refractivity contribution in [2.75, 3.05) is 11.9 Å². The fraction of sp³-hybridized carbons (Fsp3) is 0.250. The highest BCUT2D eigenvalue weighted by molar-refractivity contribution is 6.38. The Morgan fingerprint density at radius 3 is 2.50 bits per heavy atom. The number of carbonyl (C=O) groups is 6. The molecule has 1 aromatic rings. The van der Waals surface area contributed by atoms with E-state index in [-0.39, 0.29) is 29.7 Å². The van der Waals surface area contributed by atoms with Crippen LogP contribution in [0.4, 0.5) is 5.69 Å². The number of likely N-dealkylation sites (N-methyl/N-ethyl adjacent to an activating group) is 1. The molecule has 0 aliphatic carbocycles. The average molecular weight is 359 g/mol. The van der Waals surface area contributed by atoms with Crippen LogP contribution in [-0.2, 0) is 19.2 Å². The molecule has 2 aliphatic heterocycles. The number of amides is 5. The number of nitrogens with one attached hydrogen (secondary N) is 1. The second kappa shape index (κ2) is 6.06. The number of piperidine rings is 1. The molecule has 134 valence electrons. The monoisotopic (exact) mass is 359 g/mol. The zero-order valence-corrected chi connectivity index (χ0v) is 13.5. The molecular formula is C16H13N3O7. The van der Waals surface area contributed by atoms with E-state index in [0.717, 1.165) is 9.80 Å². The lowest BCUT2D eigenvalue weighted by molar-refractivity contribution is -0.148. The summed E-state index contributed by atoms with van der Waals surface area (Å²) < 4.78 is 0. The van der Waals surface area contributed by atoms with Gasteiger partial charge in [0.05, 0.1) is 16.8 Å². The van der Waals surface area contributed by atoms with Crippen molar-refractivity contribution in [1.82, 2.24) is 10.2 Å². The molecule has 0 bridgehead atoms. The molecule has 10 heteroatoms. The summed E-state index contributed by atoms with van der Waals surface area (Å²) >= 11 is 0. The predicted octanol–water partition coefficient (Wildman–Crippen LogP) is -0.865. The number of rotatable bonds is 2. The summed E-state index contributed by atoms with van der Waals surface area (Å²) in [7, 11) is 1.17. The van der Waals surface area contributed by atoms with Crippen LogP contribution in [0, 0.1) is 0 Å². The van der Waals surface area contributed by atoms with Gasteiger partial charge in [-0.3, -0.25) is 34.2 Å². The number of carboxylic acid groups (broad SMARTS) is 1. The van der Waals surface area contributed by atoms with Crippen LogP contribution in [0.1, 0.15) is 33.6 Å². The molecule has 1 unspecified atom stereocenters. The minimum absolute atomic E-state index is 0.00460. The predicted molar refractivity (Wildman–Crippen MR) is 84.2 cm³/mol. The van der Waals surface area contributed by atoms with E-state index in [9.17, 15) is 28.8 Å². The number of carbonyl (C=O) groups excluding carboxylic acids is 5. The Kier molecular flexibility index (Phi) is 4.03. The largest absolute Gasteiger partial charge is 0.474 e. The quantitative estimate of drug-likeness (QED) is 0.517. The van der Waals surface area contributed by atoms with Crippen molar-refractivity contribution >= 4 is 41.2 Å². The molecule has 1 fully saturated rings. The van der Waals surface area contributed by atoms with E-state index in [2.05, 4.69) is 5.32 Å². The van der Waals surface area contributed by atoms with Crippen molar-refractivity contribution in [3.05, 3.63) is 29.3 Å². The number of benzene rings is 1. The third kappa shape index (κ3) is 2.51. The summed E-state index contributed by atoms with van der Waals surface area (Å²) in [5.41, 5.74) is -0.246. The maximum atomic E-state index is 12.8. The fourth-order valence-corrected chi connectivity index (χ4v) is 3.03. The van der Waals surface area contributed by atoms with Gasteiger partial charge in [-0.25, -0.2) is 4.79 Å². The number of hydrogen-bond donors (Lipinski definition) is 2. The van der Waals surface area contributed by atoms with Gasteiger partial charge in [-0.2, -0.15) is 0 Å². The molecule has 3 rings (SSSR count). The van der Waals surface area contributed by atoms with E-state index >= 15 is 0 Å². The normalized spacial score (nSPS) is 19.3. The molecule has 26 heavy (non-hydrogen) atoms. The number of aliphatic carboxylic acids is 1. The van der Waals surface area contributed by atoms with Crippen molar-refractivity contribution in [3.8, 4) is 0 Å². The Bertz CT molecular complexity index is 892. The van der Waals surface area contributed by atoms with Crippen LogP contribution in [0.3, 0.4) is 0 Å². The summed E-state index contributed by atoms with van der Waals surface area (Å²) in [6.07, 6.45) is -0.0244. The van der Waals surface area contributed by atoms with Crippen LogP contribution >= 0.6 is 0 Å². The minimum atomic E-state index is -1.72. The van der Waals surface area contributed by atoms with Crippen LogP contribution < -0.4 is 10.2 Å². The summed E-state index contributed by atoms with van der Waals surface area (Å²) in [6.45, 7) is 0. The van der Waals surface area contributed by atoms with Gasteiger partial charge in [0.1, 0.15) is 6.04 Å². The first-order valence-electron chi connectivity index (χ1n) is 7.59. The highest BCUT2D eigenvalue weighted by atomic mass is 16.4. The molecular weight excluding hydrogens is 346 g/mol. The van der Waals surface area contributed by atoms with Gasteiger partial charge in [0.2, 0.25) is 11.8 Å². The molecule has 2 N–H and O–H groups in total. The maximum Gasteiger partial charge on any atom is 0.394 e. The van der Waals surface area contributed by atoms with Gasteiger partial charge in [-0.1, -0.05) is 6.07 Å². The van der Waals surface area contributed by atoms with E-state index < -0.39 is 41.5 Å². The molecule has 2 aliphatic rings. The number of hydrogen-bond acceptors (Lipinski definition) is 6. The first-order valence-corrected chi connectivity index (χ1v) is 7.59. The zero-order valence-electron chi connectivity index (χ0n) is 13.5. The van der Waals surface area contributed by atoms with E-state index in [0.29, 0.717) is 0 Å². The lowest BCUT2D eigenvalue weighted by atomic mass is 10.0. The number of nitrogens with zero attached hydrogens (tertiary/aromatic N) is 2. The van der Waals surface area contributed by atoms with Gasteiger partial charge in [0, 0.05) is 13.5 Å². The molecule has 1 aromatic carbocycles. The summed E-state index contributed by atoms with van der Waals surface area (Å²) in [4.78, 5) is 72.9. The molecule has 1 saturated heterocycles. The fourth-order valence-electron chi connectivity index (χ4n) is 3.03. The zero-order chi connectivity index (χ0) is 19.2. The smallest absolute Gasteiger partial charge is 0.394 e. The van der Waals surface area contributed by atoms with Gasteiger partial charge >= 0.3 is 11.9 Å². The lowest BCUT2D eigenvalue weighted by Gasteiger charge is -2.28. The lowest BCUT2D eigenvalue weighted by Crippen LogP contribution is -2.54. The molecule has 2 heterocycles. The second-order valence-electron chi connectivity index (χ2n) is 5.82. The first-order chi connectivity index (χ1) is 12.2. The molecule has 0 aromatic heterocycles. The van der Waals surface area contributed by atoms with Gasteiger partial charge in [-0.05, 0) is 18.6 Å². The Labute approximate surface area is 146 Å². The van der Waals surface area contributed by atoms with Gasteiger partial charge in [0.15, 0.2) is 0 Å². The van der Waals surface area contributed by atoms with Crippen LogP contribution in [0.5, 0.6) is 0 Å². The molecule has 5 amide bonds. The molecule has 1 atom stereocenters. The molecule has 0 saturated carbocycles. The van der Waals surface area contributed by atoms with Crippen molar-refractivity contribution in [2.24, 2.45) is 0 Å². The SMILES string of the molecule is CN(C(=O)C(=O)O)c1cccc2c1C(=O)N(C1CCC(=O)NC1=O)C2=O. The summed E-state index contributed by atoms with van der Waals surface area (Å²) in [5.74, 6) is -5.80. The van der Waals surface area contributed by atoms with Gasteiger partial charge in [-0.15, -0.1) is 0 Å². The Balaban J connectivity index is 2.02. The van der Waals surface area contributed by atoms with E-state index in [4.69, 9.17) is 5.11 Å². The van der Waals surface area contributed by atoms with Crippen molar-refractivity contribution < 1.29 is 33.9 Å². The van der Waals surface area contributed by atoms with E-state index in [1.165, 1.54) is 25.2 Å². The maximum absolute atomic E-state index is 12.8. The standard InChI is InChI=1S/C16H13N3O7/c1-18(15(24)16(25)26)8-4-2-3-7-11(8)14(23)19(13(7)22)9-5-6-10(20)17-12(9)21/h2-4,9H,5-6H2,1H3,(H,25,26)(H,17,20,21). The first kappa shape index (κ1) is 17.3. The topological polar surface area (TPSA) is 141 Å². The third-order valence-electron chi connectivity index (χ3n) is 4.30.